The number of carbonyl (C=O) groups excluding carboxylic acids is 6. The molecule has 6 amide bonds. The number of halogens is 4. The number of nitrogens with one attached hydrogen (secondary N) is 5. The van der Waals surface area contributed by atoms with Crippen LogP contribution in [-0.2, 0) is 36.7 Å². The SMILES string of the molecule is Cc1ncsc1-c1ccc(CNC(=O)[C@@H]2C[C@@H](O)CN2C(=O)[C@@H](NC(=O)CCCCCCCCCNC(=O)CCC(=O)N2CCN(c3ccc(-c4cc(NC(=O)c5c[nH]c(=O)cc5C(F)(F)F)c(N5C[C@@H](C)N(C)[C@@H](C)C5)cc4F)cn3)CC2)C(C)(C)C)cc1. The molecule has 3 fully saturated rings. The van der Waals surface area contributed by atoms with Gasteiger partial charge in [0, 0.05) is 126 Å². The number of aromatic nitrogens is 3. The van der Waals surface area contributed by atoms with E-state index in [1.54, 1.807) is 33.9 Å². The molecule has 0 aliphatic carbocycles. The van der Waals surface area contributed by atoms with Gasteiger partial charge in [0.1, 0.15) is 23.7 Å². The number of hydrogen-bond acceptors (Lipinski definition) is 14. The summed E-state index contributed by atoms with van der Waals surface area (Å²) in [5.41, 5.74) is 1.54. The Kier molecular flexibility index (Phi) is 23.0. The maximum atomic E-state index is 16.2. The first-order valence-electron chi connectivity index (χ1n) is 31.0. The fraction of sp³-hybridized carbons (Fsp3) is 0.523. The standard InChI is InChI=1S/C65H84F4N12O8S/c1-40-36-80(37-41(2)77(40)7)52-32-50(66)47(30-51(52)75-61(87)48-35-72-57(85)31-49(48)65(67,68)69)45-20-21-54(71-34-45)78-25-27-79(28-26-78)58(86)23-22-55(83)70-24-14-12-10-8-9-11-13-15-56(84)76-60(64(4,5)6)63(89)81-38-46(82)29-53(81)62(88)73-33-43-16-18-44(19-17-43)59-42(3)74-39-90-59/h16-21,30-32,34-35,39-41,46,53,60,82H,8-15,22-29,33,36-38H2,1-7H3,(H,70,83)(H,72,85)(H,73,88)(H,75,87)(H,76,84)/t40-,41+,46-,53+,60-/m1/s1. The van der Waals surface area contributed by atoms with Crippen LogP contribution in [0.25, 0.3) is 21.6 Å². The van der Waals surface area contributed by atoms with Gasteiger partial charge in [-0.2, -0.15) is 13.2 Å². The van der Waals surface area contributed by atoms with Crippen LogP contribution in [0.3, 0.4) is 0 Å². The number of nitrogens with zero attached hydrogens (tertiary/aromatic N) is 7. The van der Waals surface area contributed by atoms with Gasteiger partial charge < -0.3 is 51.0 Å². The minimum absolute atomic E-state index is 0.00545. The molecule has 20 nitrogen and oxygen atoms in total. The number of likely N-dealkylation sites (N-methyl/N-ethyl adjacent to an activating group) is 1. The van der Waals surface area contributed by atoms with Gasteiger partial charge in [-0.25, -0.2) is 14.4 Å². The van der Waals surface area contributed by atoms with Crippen molar-refractivity contribution in [2.24, 2.45) is 5.41 Å². The van der Waals surface area contributed by atoms with E-state index in [1.807, 2.05) is 82.7 Å². The van der Waals surface area contributed by atoms with Crippen molar-refractivity contribution in [1.29, 1.82) is 0 Å². The van der Waals surface area contributed by atoms with Crippen molar-refractivity contribution in [3.63, 3.8) is 0 Å². The molecule has 0 radical (unpaired) electrons. The summed E-state index contributed by atoms with van der Waals surface area (Å²) in [7, 11) is 1.97. The van der Waals surface area contributed by atoms with Gasteiger partial charge in [0.2, 0.25) is 35.1 Å². The van der Waals surface area contributed by atoms with Crippen LogP contribution in [0.2, 0.25) is 0 Å². The molecule has 0 saturated carbocycles. The van der Waals surface area contributed by atoms with E-state index in [1.165, 1.54) is 23.2 Å². The van der Waals surface area contributed by atoms with E-state index in [0.717, 1.165) is 60.2 Å². The number of aliphatic hydroxyl groups excluding tert-OH is 1. The number of aryl methyl sites for hydroxylation is 1. The monoisotopic (exact) mass is 1270 g/mol. The lowest BCUT2D eigenvalue weighted by molar-refractivity contribution is -0.144. The number of carbonyl (C=O) groups is 6. The highest BCUT2D eigenvalue weighted by molar-refractivity contribution is 7.13. The lowest BCUT2D eigenvalue weighted by Gasteiger charge is -2.44. The number of pyridine rings is 2. The van der Waals surface area contributed by atoms with Crippen LogP contribution in [0.5, 0.6) is 0 Å². The van der Waals surface area contributed by atoms with Crippen molar-refractivity contribution in [2.75, 3.05) is 74.5 Å². The van der Waals surface area contributed by atoms with Crippen LogP contribution in [0, 0.1) is 18.2 Å². The summed E-state index contributed by atoms with van der Waals surface area (Å²) < 4.78 is 58.2. The number of thiazole rings is 1. The Morgan fingerprint density at radius 3 is 2.09 bits per heavy atom. The number of β-amino-alcohol motifs (C(OH)–C–C–N with tert-alkyl or cyclic N) is 1. The Morgan fingerprint density at radius 1 is 0.789 bits per heavy atom. The predicted octanol–water partition coefficient (Wildman–Crippen LogP) is 8.28. The van der Waals surface area contributed by atoms with E-state index in [2.05, 4.69) is 41.1 Å². The zero-order valence-corrected chi connectivity index (χ0v) is 53.1. The molecule has 0 spiro atoms. The summed E-state index contributed by atoms with van der Waals surface area (Å²) in [5, 5.41) is 22.0. The minimum Gasteiger partial charge on any atom is -0.391 e. The van der Waals surface area contributed by atoms with Crippen LogP contribution in [-0.4, -0.2) is 160 Å². The molecule has 6 N–H and O–H groups in total. The van der Waals surface area contributed by atoms with E-state index < -0.39 is 64.1 Å². The summed E-state index contributed by atoms with van der Waals surface area (Å²) in [6, 6.07) is 12.5. The summed E-state index contributed by atoms with van der Waals surface area (Å²) in [6.45, 7) is 14.9. The van der Waals surface area contributed by atoms with E-state index in [-0.39, 0.29) is 91.4 Å². The molecule has 0 bridgehead atoms. The molecule has 5 atom stereocenters. The van der Waals surface area contributed by atoms with Gasteiger partial charge in [-0.1, -0.05) is 77.1 Å². The Balaban J connectivity index is 0.707. The van der Waals surface area contributed by atoms with Crippen molar-refractivity contribution in [3.8, 4) is 21.6 Å². The second-order valence-corrected chi connectivity index (χ2v) is 25.8. The van der Waals surface area contributed by atoms with E-state index in [4.69, 9.17) is 0 Å². The number of anilines is 3. The summed E-state index contributed by atoms with van der Waals surface area (Å²) in [5.74, 6) is -2.56. The number of H-pyrrole nitrogens is 1. The Labute approximate surface area is 526 Å². The Bertz CT molecular complexity index is 3370. The van der Waals surface area contributed by atoms with Crippen LogP contribution in [0.1, 0.15) is 132 Å². The van der Waals surface area contributed by atoms with Crippen LogP contribution < -0.4 is 36.6 Å². The van der Waals surface area contributed by atoms with Crippen LogP contribution in [0.4, 0.5) is 34.8 Å². The van der Waals surface area contributed by atoms with Crippen molar-refractivity contribution in [1.82, 2.24) is 45.6 Å². The zero-order valence-electron chi connectivity index (χ0n) is 52.3. The summed E-state index contributed by atoms with van der Waals surface area (Å²) >= 11 is 1.56. The van der Waals surface area contributed by atoms with E-state index >= 15 is 4.39 Å². The first-order chi connectivity index (χ1) is 42.7. The number of unbranched alkanes of at least 4 members (excludes halogenated alkanes) is 6. The zero-order chi connectivity index (χ0) is 65.0. The van der Waals surface area contributed by atoms with Gasteiger partial charge in [-0.15, -0.1) is 11.3 Å². The molecule has 5 aromatic rings. The van der Waals surface area contributed by atoms with Gasteiger partial charge in [0.15, 0.2) is 0 Å². The highest BCUT2D eigenvalue weighted by Crippen LogP contribution is 2.38. The summed E-state index contributed by atoms with van der Waals surface area (Å²) in [4.78, 5) is 113. The maximum Gasteiger partial charge on any atom is 0.417 e. The van der Waals surface area contributed by atoms with Crippen molar-refractivity contribution in [3.05, 3.63) is 111 Å². The largest absolute Gasteiger partial charge is 0.417 e. The van der Waals surface area contributed by atoms with E-state index in [0.29, 0.717) is 75.9 Å². The van der Waals surface area contributed by atoms with Gasteiger partial charge >= 0.3 is 6.18 Å². The molecule has 8 rings (SSSR count). The number of rotatable bonds is 24. The number of benzene rings is 2. The fourth-order valence-corrected chi connectivity index (χ4v) is 12.6. The maximum absolute atomic E-state index is 16.2. The third kappa shape index (κ3) is 17.8. The van der Waals surface area contributed by atoms with Crippen molar-refractivity contribution < 1.29 is 51.4 Å². The fourth-order valence-electron chi connectivity index (χ4n) is 11.8. The van der Waals surface area contributed by atoms with Crippen molar-refractivity contribution in [2.45, 2.75) is 155 Å². The average Bonchev–Trinajstić information content (AvgIpc) is 1.08. The second-order valence-electron chi connectivity index (χ2n) is 25.0. The van der Waals surface area contributed by atoms with Gasteiger partial charge in [-0.3, -0.25) is 38.5 Å². The first kappa shape index (κ1) is 68.1. The van der Waals surface area contributed by atoms with E-state index in [9.17, 15) is 51.8 Å². The molecular weight excluding hydrogens is 1180 g/mol. The Morgan fingerprint density at radius 2 is 1.46 bits per heavy atom. The number of aromatic amines is 1. The van der Waals surface area contributed by atoms with Crippen LogP contribution >= 0.6 is 11.3 Å². The summed E-state index contributed by atoms with van der Waals surface area (Å²) in [6.07, 6.45) is 2.76. The predicted molar refractivity (Wildman–Crippen MR) is 338 cm³/mol. The quantitative estimate of drug-likeness (QED) is 0.0252. The number of amides is 6. The topological polar surface area (TPSA) is 246 Å². The molecule has 90 heavy (non-hydrogen) atoms. The highest BCUT2D eigenvalue weighted by Gasteiger charge is 2.45. The lowest BCUT2D eigenvalue weighted by atomic mass is 9.85. The van der Waals surface area contributed by atoms with Gasteiger partial charge in [0.05, 0.1) is 44.7 Å². The van der Waals surface area contributed by atoms with Crippen molar-refractivity contribution >= 4 is 64.0 Å². The van der Waals surface area contributed by atoms with Gasteiger partial charge in [0.25, 0.3) is 5.91 Å². The molecule has 25 heteroatoms. The minimum atomic E-state index is -5.00. The molecule has 3 aliphatic heterocycles. The molecule has 3 aromatic heterocycles. The molecule has 6 heterocycles. The average molecular weight is 1270 g/mol. The number of likely N-dealkylation sites (tertiary alicyclic amines) is 1. The number of piperazine rings is 2. The second kappa shape index (κ2) is 30.4. The Hall–Kier alpha value is -7.77. The molecule has 0 unspecified atom stereocenters. The molecular formula is C65H84F4N12O8S. The molecule has 3 aliphatic rings. The molecule has 3 saturated heterocycles. The lowest BCUT2D eigenvalue weighted by Crippen LogP contribution is -2.57. The number of hydrogen-bond donors (Lipinski definition) is 6. The molecule has 2 aromatic carbocycles. The third-order valence-electron chi connectivity index (χ3n) is 17.2. The first-order valence-corrected chi connectivity index (χ1v) is 31.9. The van der Waals surface area contributed by atoms with Gasteiger partial charge in [-0.05, 0) is 81.5 Å². The third-order valence-corrected chi connectivity index (χ3v) is 18.2. The number of alkyl halides is 3. The van der Waals surface area contributed by atoms with Crippen LogP contribution in [0.15, 0.2) is 77.3 Å². The molecule has 486 valence electrons. The normalized spacial score (nSPS) is 18.5. The number of aliphatic hydroxyl groups is 1. The highest BCUT2D eigenvalue weighted by atomic mass is 32.1. The smallest absolute Gasteiger partial charge is 0.391 e.